The van der Waals surface area contributed by atoms with Gasteiger partial charge in [0.1, 0.15) is 10.7 Å². The molecule has 0 aliphatic carbocycles. The standard InChI is InChI=1S/C33H45F3N4OS/c1-7-39(8-2)18-10-11-24(3)37-31(41)29-23-42-30(38-29)22-40(20-25-14-16-27(17-15-25)32(4,5)6)21-26-12-9-13-28(19-26)33(34,35)36/h9,12-17,19,23-24H,7-8,10-11,18,20-22H2,1-6H3,(H,37,41). The molecule has 0 fully saturated rings. The first kappa shape index (κ1) is 33.7. The third-order valence-electron chi connectivity index (χ3n) is 7.41. The molecule has 0 saturated heterocycles. The lowest BCUT2D eigenvalue weighted by Crippen LogP contribution is -2.34. The summed E-state index contributed by atoms with van der Waals surface area (Å²) in [6.07, 6.45) is -2.51. The van der Waals surface area contributed by atoms with Crippen LogP contribution in [0.4, 0.5) is 13.2 Å². The van der Waals surface area contributed by atoms with Gasteiger partial charge in [-0.15, -0.1) is 11.3 Å². The van der Waals surface area contributed by atoms with Gasteiger partial charge in [-0.2, -0.15) is 13.2 Å². The van der Waals surface area contributed by atoms with Gasteiger partial charge in [-0.3, -0.25) is 9.69 Å². The van der Waals surface area contributed by atoms with Crippen LogP contribution in [0.25, 0.3) is 0 Å². The second-order valence-corrected chi connectivity index (χ2v) is 12.9. The molecule has 42 heavy (non-hydrogen) atoms. The summed E-state index contributed by atoms with van der Waals surface area (Å²) in [6, 6.07) is 13.8. The predicted octanol–water partition coefficient (Wildman–Crippen LogP) is 7.90. The summed E-state index contributed by atoms with van der Waals surface area (Å²) in [5, 5.41) is 5.56. The van der Waals surface area contributed by atoms with Crippen molar-refractivity contribution in [3.8, 4) is 0 Å². The van der Waals surface area contributed by atoms with Crippen LogP contribution in [0, 0.1) is 0 Å². The van der Waals surface area contributed by atoms with E-state index in [2.05, 4.69) is 79.0 Å². The molecule has 0 radical (unpaired) electrons. The Balaban J connectivity index is 1.71. The maximum atomic E-state index is 13.4. The van der Waals surface area contributed by atoms with Crippen molar-refractivity contribution >= 4 is 17.2 Å². The highest BCUT2D eigenvalue weighted by Crippen LogP contribution is 2.30. The fourth-order valence-corrected chi connectivity index (χ4v) is 5.67. The third kappa shape index (κ3) is 10.5. The molecule has 2 aromatic carbocycles. The number of hydrogen-bond donors (Lipinski definition) is 1. The molecular weight excluding hydrogens is 557 g/mol. The molecule has 1 heterocycles. The second-order valence-electron chi connectivity index (χ2n) is 12.0. The highest BCUT2D eigenvalue weighted by Gasteiger charge is 2.30. The zero-order valence-electron chi connectivity index (χ0n) is 25.7. The topological polar surface area (TPSA) is 48.5 Å². The molecule has 3 rings (SSSR count). The van der Waals surface area contributed by atoms with Crippen molar-refractivity contribution in [2.45, 2.75) is 91.7 Å². The fraction of sp³-hybridized carbons (Fsp3) is 0.515. The second kappa shape index (κ2) is 15.1. The van der Waals surface area contributed by atoms with Crippen LogP contribution in [0.2, 0.25) is 0 Å². The minimum Gasteiger partial charge on any atom is -0.348 e. The Bertz CT molecular complexity index is 1260. The third-order valence-corrected chi connectivity index (χ3v) is 8.25. The summed E-state index contributed by atoms with van der Waals surface area (Å²) in [7, 11) is 0. The molecule has 1 amide bonds. The summed E-state index contributed by atoms with van der Waals surface area (Å²) in [5.74, 6) is -0.199. The van der Waals surface area contributed by atoms with E-state index in [0.717, 1.165) is 49.1 Å². The van der Waals surface area contributed by atoms with Gasteiger partial charge in [-0.25, -0.2) is 4.98 Å². The summed E-state index contributed by atoms with van der Waals surface area (Å²) < 4.78 is 40.1. The van der Waals surface area contributed by atoms with Crippen molar-refractivity contribution in [1.29, 1.82) is 0 Å². The minimum absolute atomic E-state index is 0.0248. The number of carbonyl (C=O) groups is 1. The smallest absolute Gasteiger partial charge is 0.348 e. The van der Waals surface area contributed by atoms with Crippen LogP contribution < -0.4 is 5.32 Å². The van der Waals surface area contributed by atoms with Crippen LogP contribution in [0.5, 0.6) is 0 Å². The molecule has 0 aliphatic heterocycles. The van der Waals surface area contributed by atoms with Gasteiger partial charge in [0.2, 0.25) is 0 Å². The van der Waals surface area contributed by atoms with E-state index in [1.807, 2.05) is 6.92 Å². The molecule has 5 nitrogen and oxygen atoms in total. The largest absolute Gasteiger partial charge is 0.416 e. The lowest BCUT2D eigenvalue weighted by Gasteiger charge is -2.23. The Kier molecular flexibility index (Phi) is 12.1. The number of amides is 1. The lowest BCUT2D eigenvalue weighted by atomic mass is 9.87. The first-order chi connectivity index (χ1) is 19.8. The van der Waals surface area contributed by atoms with Crippen LogP contribution in [0.3, 0.4) is 0 Å². The summed E-state index contributed by atoms with van der Waals surface area (Å²) >= 11 is 1.40. The Morgan fingerprint density at radius 3 is 2.21 bits per heavy atom. The minimum atomic E-state index is -4.40. The number of benzene rings is 2. The normalized spacial score (nSPS) is 13.1. The van der Waals surface area contributed by atoms with E-state index in [9.17, 15) is 18.0 Å². The molecule has 9 heteroatoms. The number of rotatable bonds is 14. The van der Waals surface area contributed by atoms with Gasteiger partial charge in [-0.1, -0.05) is 77.1 Å². The van der Waals surface area contributed by atoms with Crippen molar-refractivity contribution in [3.63, 3.8) is 0 Å². The van der Waals surface area contributed by atoms with E-state index < -0.39 is 11.7 Å². The van der Waals surface area contributed by atoms with Gasteiger partial charge in [0.05, 0.1) is 12.1 Å². The van der Waals surface area contributed by atoms with Crippen LogP contribution in [0.1, 0.15) is 92.1 Å². The number of halogens is 3. The van der Waals surface area contributed by atoms with Gasteiger partial charge in [-0.05, 0) is 67.6 Å². The highest BCUT2D eigenvalue weighted by molar-refractivity contribution is 7.09. The molecule has 0 aliphatic rings. The molecule has 0 spiro atoms. The van der Waals surface area contributed by atoms with Crippen LogP contribution >= 0.6 is 11.3 Å². The fourth-order valence-electron chi connectivity index (χ4n) is 4.85. The zero-order chi connectivity index (χ0) is 30.9. The Hall–Kier alpha value is -2.75. The summed E-state index contributed by atoms with van der Waals surface area (Å²) in [5.41, 5.74) is 2.59. The van der Waals surface area contributed by atoms with Gasteiger partial charge >= 0.3 is 6.18 Å². The monoisotopic (exact) mass is 602 g/mol. The van der Waals surface area contributed by atoms with Gasteiger partial charge in [0.15, 0.2) is 0 Å². The number of nitrogens with zero attached hydrogens (tertiary/aromatic N) is 3. The van der Waals surface area contributed by atoms with Gasteiger partial charge in [0.25, 0.3) is 5.91 Å². The molecule has 230 valence electrons. The number of nitrogens with one attached hydrogen (secondary N) is 1. The van der Waals surface area contributed by atoms with Crippen molar-refractivity contribution in [1.82, 2.24) is 20.1 Å². The maximum Gasteiger partial charge on any atom is 0.416 e. The van der Waals surface area contributed by atoms with Crippen molar-refractivity contribution < 1.29 is 18.0 Å². The summed E-state index contributed by atoms with van der Waals surface area (Å²) in [6.45, 7) is 17.1. The van der Waals surface area contributed by atoms with E-state index in [4.69, 9.17) is 0 Å². The molecule has 0 saturated carbocycles. The lowest BCUT2D eigenvalue weighted by molar-refractivity contribution is -0.137. The van der Waals surface area contributed by atoms with E-state index in [1.54, 1.807) is 11.4 Å². The first-order valence-corrected chi connectivity index (χ1v) is 15.6. The van der Waals surface area contributed by atoms with E-state index >= 15 is 0 Å². The van der Waals surface area contributed by atoms with Crippen molar-refractivity contribution in [3.05, 3.63) is 86.9 Å². The highest BCUT2D eigenvalue weighted by atomic mass is 32.1. The van der Waals surface area contributed by atoms with E-state index in [0.29, 0.717) is 30.9 Å². The van der Waals surface area contributed by atoms with Crippen LogP contribution in [-0.2, 0) is 31.2 Å². The average molecular weight is 603 g/mol. The Morgan fingerprint density at radius 1 is 0.929 bits per heavy atom. The first-order valence-electron chi connectivity index (χ1n) is 14.7. The predicted molar refractivity (Wildman–Crippen MR) is 166 cm³/mol. The van der Waals surface area contributed by atoms with Gasteiger partial charge < -0.3 is 10.2 Å². The number of hydrogen-bond acceptors (Lipinski definition) is 5. The van der Waals surface area contributed by atoms with Crippen LogP contribution in [-0.4, -0.2) is 46.4 Å². The average Bonchev–Trinajstić information content (AvgIpc) is 3.39. The van der Waals surface area contributed by atoms with Crippen molar-refractivity contribution in [2.24, 2.45) is 0 Å². The van der Waals surface area contributed by atoms with Crippen molar-refractivity contribution in [2.75, 3.05) is 19.6 Å². The maximum absolute atomic E-state index is 13.4. The number of carbonyl (C=O) groups excluding carboxylic acids is 1. The Labute approximate surface area is 253 Å². The SMILES string of the molecule is CCN(CC)CCCC(C)NC(=O)c1csc(CN(Cc2ccc(C(C)(C)C)cc2)Cc2cccc(C(F)(F)F)c2)n1. The number of aromatic nitrogens is 1. The van der Waals surface area contributed by atoms with Crippen LogP contribution in [0.15, 0.2) is 53.9 Å². The zero-order valence-corrected chi connectivity index (χ0v) is 26.5. The molecule has 1 N–H and O–H groups in total. The molecule has 1 unspecified atom stereocenters. The number of alkyl halides is 3. The quantitative estimate of drug-likeness (QED) is 0.204. The van der Waals surface area contributed by atoms with Gasteiger partial charge in [0, 0.05) is 24.5 Å². The molecule has 1 aromatic heterocycles. The Morgan fingerprint density at radius 2 is 1.60 bits per heavy atom. The molecular formula is C33H45F3N4OS. The van der Waals surface area contributed by atoms with E-state index in [1.165, 1.54) is 29.0 Å². The summed E-state index contributed by atoms with van der Waals surface area (Å²) in [4.78, 5) is 21.9. The molecule has 0 bridgehead atoms. The number of thiazole rings is 1. The molecule has 1 atom stereocenters. The molecule has 3 aromatic rings. The van der Waals surface area contributed by atoms with E-state index in [-0.39, 0.29) is 17.4 Å².